The molecule has 0 N–H and O–H groups in total. The summed E-state index contributed by atoms with van der Waals surface area (Å²) in [5.74, 6) is -0.0613. The lowest BCUT2D eigenvalue weighted by Crippen LogP contribution is -2.33. The van der Waals surface area contributed by atoms with Crippen LogP contribution in [0, 0.1) is 11.3 Å². The average Bonchev–Trinajstić information content (AvgIpc) is 3.30. The number of carbonyl (C=O) groups is 1. The molecule has 1 amide bonds. The number of aryl methyl sites for hydroxylation is 1. The van der Waals surface area contributed by atoms with E-state index in [9.17, 15) is 4.79 Å². The van der Waals surface area contributed by atoms with Gasteiger partial charge in [-0.25, -0.2) is 4.98 Å². The first-order chi connectivity index (χ1) is 12.7. The Kier molecular flexibility index (Phi) is 5.44. The van der Waals surface area contributed by atoms with E-state index in [-0.39, 0.29) is 5.91 Å². The normalized spacial score (nSPS) is 10.5. The zero-order chi connectivity index (χ0) is 18.4. The van der Waals surface area contributed by atoms with Crippen molar-refractivity contribution in [1.29, 1.82) is 5.26 Å². The number of rotatable bonds is 7. The molecule has 2 aromatic heterocycles. The Balaban J connectivity index is 1.79. The third-order valence-electron chi connectivity index (χ3n) is 4.06. The minimum Gasteiger partial charge on any atom is -0.336 e. The van der Waals surface area contributed by atoms with Crippen LogP contribution in [0.25, 0.3) is 0 Å². The van der Waals surface area contributed by atoms with Gasteiger partial charge < -0.3 is 9.47 Å². The fourth-order valence-electron chi connectivity index (χ4n) is 2.77. The van der Waals surface area contributed by atoms with E-state index in [4.69, 9.17) is 5.26 Å². The summed E-state index contributed by atoms with van der Waals surface area (Å²) >= 11 is 0. The van der Waals surface area contributed by atoms with E-state index in [1.807, 2.05) is 36.1 Å². The number of benzene rings is 1. The van der Waals surface area contributed by atoms with E-state index in [1.165, 1.54) is 0 Å². The molecule has 3 aromatic rings. The molecule has 0 radical (unpaired) electrons. The second-order valence-corrected chi connectivity index (χ2v) is 6.08. The third-order valence-corrected chi connectivity index (χ3v) is 4.06. The van der Waals surface area contributed by atoms with Gasteiger partial charge >= 0.3 is 0 Å². The molecule has 7 nitrogen and oxygen atoms in total. The summed E-state index contributed by atoms with van der Waals surface area (Å²) in [6.07, 6.45) is 9.30. The van der Waals surface area contributed by atoms with Crippen LogP contribution in [0.1, 0.15) is 21.5 Å². The molecular weight excluding hydrogens is 328 g/mol. The molecule has 2 heterocycles. The largest absolute Gasteiger partial charge is 0.336 e. The van der Waals surface area contributed by atoms with Gasteiger partial charge in [0.1, 0.15) is 0 Å². The lowest BCUT2D eigenvalue weighted by molar-refractivity contribution is 0.0737. The lowest BCUT2D eigenvalue weighted by atomic mass is 10.1. The van der Waals surface area contributed by atoms with Crippen LogP contribution in [0.15, 0.2) is 55.4 Å². The molecule has 3 rings (SSSR count). The van der Waals surface area contributed by atoms with Crippen LogP contribution in [0.5, 0.6) is 0 Å². The lowest BCUT2D eigenvalue weighted by Gasteiger charge is -2.22. The number of nitriles is 1. The molecule has 1 aromatic carbocycles. The second kappa shape index (κ2) is 8.12. The minimum absolute atomic E-state index is 0.0613. The van der Waals surface area contributed by atoms with Crippen LogP contribution in [-0.4, -0.2) is 36.7 Å². The fraction of sp³-hybridized carbons (Fsp3) is 0.263. The number of amides is 1. The summed E-state index contributed by atoms with van der Waals surface area (Å²) in [5.41, 5.74) is 2.40. The van der Waals surface area contributed by atoms with Gasteiger partial charge in [-0.05, 0) is 17.7 Å². The standard InChI is InChI=1S/C19H20N6O/c1-23-13-17(12-22-23)14-25(10-9-24-8-7-21-15-24)19(26)18-4-2-3-16(11-18)5-6-20/h2-4,7-8,11-13,15H,5,9-10,14H2,1H3. The third kappa shape index (κ3) is 4.36. The SMILES string of the molecule is Cn1cc(CN(CCn2ccnc2)C(=O)c2cccc(CC#N)c2)cn1. The monoisotopic (exact) mass is 348 g/mol. The quantitative estimate of drug-likeness (QED) is 0.654. The highest BCUT2D eigenvalue weighted by Crippen LogP contribution is 2.12. The average molecular weight is 348 g/mol. The molecule has 0 bridgehead atoms. The van der Waals surface area contributed by atoms with Gasteiger partial charge in [0, 0.05) is 56.4 Å². The van der Waals surface area contributed by atoms with Crippen molar-refractivity contribution < 1.29 is 4.79 Å². The Hall–Kier alpha value is -3.40. The summed E-state index contributed by atoms with van der Waals surface area (Å²) in [5, 5.41) is 13.1. The zero-order valence-corrected chi connectivity index (χ0v) is 14.6. The van der Waals surface area contributed by atoms with Crippen LogP contribution in [0.4, 0.5) is 0 Å². The van der Waals surface area contributed by atoms with Crippen LogP contribution in [0.3, 0.4) is 0 Å². The Morgan fingerprint density at radius 1 is 1.35 bits per heavy atom. The van der Waals surface area contributed by atoms with E-state index >= 15 is 0 Å². The van der Waals surface area contributed by atoms with Gasteiger partial charge in [0.15, 0.2) is 0 Å². The molecule has 0 aliphatic rings. The molecule has 0 fully saturated rings. The molecule has 26 heavy (non-hydrogen) atoms. The summed E-state index contributed by atoms with van der Waals surface area (Å²) in [6, 6.07) is 9.37. The van der Waals surface area contributed by atoms with Crippen molar-refractivity contribution in [2.45, 2.75) is 19.5 Å². The molecule has 0 saturated heterocycles. The summed E-state index contributed by atoms with van der Waals surface area (Å²) in [4.78, 5) is 18.9. The van der Waals surface area contributed by atoms with Crippen LogP contribution in [0.2, 0.25) is 0 Å². The number of hydrogen-bond acceptors (Lipinski definition) is 4. The molecule has 0 aliphatic heterocycles. The topological polar surface area (TPSA) is 79.7 Å². The van der Waals surface area contributed by atoms with Crippen molar-refractivity contribution in [1.82, 2.24) is 24.2 Å². The molecule has 0 unspecified atom stereocenters. The maximum absolute atomic E-state index is 13.1. The highest BCUT2D eigenvalue weighted by Gasteiger charge is 2.17. The van der Waals surface area contributed by atoms with Crippen LogP contribution < -0.4 is 0 Å². The first-order valence-corrected chi connectivity index (χ1v) is 8.34. The van der Waals surface area contributed by atoms with Gasteiger partial charge in [-0.1, -0.05) is 12.1 Å². The fourth-order valence-corrected chi connectivity index (χ4v) is 2.77. The Labute approximate surface area is 152 Å². The molecule has 132 valence electrons. The van der Waals surface area contributed by atoms with Gasteiger partial charge in [-0.15, -0.1) is 0 Å². The number of imidazole rings is 1. The molecule has 0 spiro atoms. The van der Waals surface area contributed by atoms with Crippen molar-refractivity contribution in [3.63, 3.8) is 0 Å². The van der Waals surface area contributed by atoms with Crippen molar-refractivity contribution in [2.24, 2.45) is 7.05 Å². The first kappa shape index (κ1) is 17.4. The maximum atomic E-state index is 13.1. The van der Waals surface area contributed by atoms with E-state index in [2.05, 4.69) is 16.2 Å². The van der Waals surface area contributed by atoms with Gasteiger partial charge in [-0.2, -0.15) is 10.4 Å². The van der Waals surface area contributed by atoms with E-state index in [1.54, 1.807) is 40.4 Å². The van der Waals surface area contributed by atoms with E-state index in [0.29, 0.717) is 31.6 Å². The Bertz CT molecular complexity index is 906. The first-order valence-electron chi connectivity index (χ1n) is 8.34. The predicted molar refractivity (Wildman–Crippen MR) is 95.9 cm³/mol. The number of carbonyl (C=O) groups excluding carboxylic acids is 1. The van der Waals surface area contributed by atoms with Crippen molar-refractivity contribution in [3.05, 3.63) is 72.1 Å². The number of aromatic nitrogens is 4. The number of nitrogens with zero attached hydrogens (tertiary/aromatic N) is 6. The molecular formula is C19H20N6O. The maximum Gasteiger partial charge on any atom is 0.254 e. The van der Waals surface area contributed by atoms with Crippen molar-refractivity contribution in [2.75, 3.05) is 6.54 Å². The number of hydrogen-bond donors (Lipinski definition) is 0. The summed E-state index contributed by atoms with van der Waals surface area (Å²) in [7, 11) is 1.85. The van der Waals surface area contributed by atoms with E-state index in [0.717, 1.165) is 11.1 Å². The van der Waals surface area contributed by atoms with Gasteiger partial charge in [-0.3, -0.25) is 9.48 Å². The minimum atomic E-state index is -0.0613. The van der Waals surface area contributed by atoms with Gasteiger partial charge in [0.05, 0.1) is 25.0 Å². The molecule has 0 aliphatic carbocycles. The smallest absolute Gasteiger partial charge is 0.254 e. The van der Waals surface area contributed by atoms with Crippen LogP contribution in [-0.2, 0) is 26.6 Å². The summed E-state index contributed by atoms with van der Waals surface area (Å²) in [6.45, 7) is 1.68. The van der Waals surface area contributed by atoms with Crippen molar-refractivity contribution in [3.8, 4) is 6.07 Å². The molecule has 0 atom stereocenters. The predicted octanol–water partition coefficient (Wildman–Crippen LogP) is 2.03. The Morgan fingerprint density at radius 3 is 2.92 bits per heavy atom. The highest BCUT2D eigenvalue weighted by atomic mass is 16.2. The Morgan fingerprint density at radius 2 is 2.23 bits per heavy atom. The molecule has 7 heteroatoms. The molecule has 0 saturated carbocycles. The van der Waals surface area contributed by atoms with Crippen LogP contribution >= 0.6 is 0 Å². The van der Waals surface area contributed by atoms with E-state index < -0.39 is 0 Å². The van der Waals surface area contributed by atoms with Crippen molar-refractivity contribution >= 4 is 5.91 Å². The van der Waals surface area contributed by atoms with Gasteiger partial charge in [0.25, 0.3) is 5.91 Å². The second-order valence-electron chi connectivity index (χ2n) is 6.08. The zero-order valence-electron chi connectivity index (χ0n) is 14.6. The summed E-state index contributed by atoms with van der Waals surface area (Å²) < 4.78 is 3.66. The highest BCUT2D eigenvalue weighted by molar-refractivity contribution is 5.94. The van der Waals surface area contributed by atoms with Gasteiger partial charge in [0.2, 0.25) is 0 Å².